The monoisotopic (exact) mass is 594 g/mol. The number of hydrogen-bond acceptors (Lipinski definition) is 8. The van der Waals surface area contributed by atoms with Crippen molar-refractivity contribution in [1.82, 2.24) is 30.4 Å². The van der Waals surface area contributed by atoms with E-state index in [1.807, 2.05) is 35.7 Å². The summed E-state index contributed by atoms with van der Waals surface area (Å²) in [5.74, 6) is 0.864. The van der Waals surface area contributed by atoms with Crippen molar-refractivity contribution in [3.05, 3.63) is 75.4 Å². The molecule has 12 heteroatoms. The summed E-state index contributed by atoms with van der Waals surface area (Å²) < 4.78 is 10.7. The highest BCUT2D eigenvalue weighted by atomic mass is 35.5. The van der Waals surface area contributed by atoms with Crippen molar-refractivity contribution in [1.29, 1.82) is 0 Å². The molecule has 0 bridgehead atoms. The summed E-state index contributed by atoms with van der Waals surface area (Å²) in [5.41, 5.74) is 1.39. The van der Waals surface area contributed by atoms with Gasteiger partial charge in [0.2, 0.25) is 17.6 Å². The molecule has 1 fully saturated rings. The number of benzene rings is 2. The number of tetrazole rings is 1. The summed E-state index contributed by atoms with van der Waals surface area (Å²) in [7, 11) is 3.11. The minimum absolute atomic E-state index is 0.100. The third-order valence-electron chi connectivity index (χ3n) is 7.06. The molecular formula is C29H31ClN6O4S. The first kappa shape index (κ1) is 28.6. The van der Waals surface area contributed by atoms with Crippen LogP contribution < -0.4 is 14.8 Å². The number of rotatable bonds is 11. The van der Waals surface area contributed by atoms with Crippen LogP contribution >= 0.6 is 22.9 Å². The van der Waals surface area contributed by atoms with Gasteiger partial charge in [-0.2, -0.15) is 4.80 Å². The van der Waals surface area contributed by atoms with Gasteiger partial charge in [-0.05, 0) is 59.3 Å². The highest BCUT2D eigenvalue weighted by molar-refractivity contribution is 7.10. The van der Waals surface area contributed by atoms with E-state index < -0.39 is 6.04 Å². The Morgan fingerprint density at radius 3 is 2.59 bits per heavy atom. The number of halogens is 1. The lowest BCUT2D eigenvalue weighted by Crippen LogP contribution is -2.46. The van der Waals surface area contributed by atoms with Crippen molar-refractivity contribution in [2.45, 2.75) is 50.9 Å². The lowest BCUT2D eigenvalue weighted by Gasteiger charge is -2.31. The van der Waals surface area contributed by atoms with Crippen LogP contribution in [0.1, 0.15) is 42.2 Å². The third-order valence-corrected chi connectivity index (χ3v) is 8.36. The van der Waals surface area contributed by atoms with Gasteiger partial charge in [-0.3, -0.25) is 9.59 Å². The lowest BCUT2D eigenvalue weighted by molar-refractivity contribution is -0.142. The smallest absolute Gasteiger partial charge is 0.248 e. The van der Waals surface area contributed by atoms with Crippen LogP contribution in [0.2, 0.25) is 5.02 Å². The van der Waals surface area contributed by atoms with Crippen molar-refractivity contribution >= 4 is 34.8 Å². The molecule has 0 saturated heterocycles. The number of aromatic nitrogens is 4. The molecule has 1 saturated carbocycles. The second kappa shape index (κ2) is 13.1. The van der Waals surface area contributed by atoms with Gasteiger partial charge < -0.3 is 19.7 Å². The number of carbonyl (C=O) groups excluding carboxylic acids is 2. The average Bonchev–Trinajstić information content (AvgIpc) is 3.77. The van der Waals surface area contributed by atoms with Gasteiger partial charge in [-0.25, -0.2) is 0 Å². The second-order valence-electron chi connectivity index (χ2n) is 9.73. The Labute approximate surface area is 247 Å². The predicted octanol–water partition coefficient (Wildman–Crippen LogP) is 4.90. The van der Waals surface area contributed by atoms with E-state index in [4.69, 9.17) is 21.1 Å². The lowest BCUT2D eigenvalue weighted by atomic mass is 10.1. The number of nitrogens with zero attached hydrogens (tertiary/aromatic N) is 5. The number of nitrogens with one attached hydrogen (secondary N) is 1. The van der Waals surface area contributed by atoms with E-state index in [1.165, 1.54) is 16.1 Å². The normalized spacial score (nSPS) is 14.0. The Hall–Kier alpha value is -3.96. The average molecular weight is 595 g/mol. The van der Waals surface area contributed by atoms with Gasteiger partial charge in [0.25, 0.3) is 0 Å². The number of thiophene rings is 1. The van der Waals surface area contributed by atoms with Crippen LogP contribution in [0.15, 0.2) is 60.0 Å². The van der Waals surface area contributed by atoms with E-state index in [2.05, 4.69) is 20.7 Å². The quantitative estimate of drug-likeness (QED) is 0.263. The van der Waals surface area contributed by atoms with Crippen LogP contribution in [0.25, 0.3) is 11.4 Å². The number of carbonyl (C=O) groups is 2. The van der Waals surface area contributed by atoms with Crippen LogP contribution in [0, 0.1) is 0 Å². The Bertz CT molecular complexity index is 1490. The molecule has 2 aromatic carbocycles. The number of amides is 2. The van der Waals surface area contributed by atoms with Gasteiger partial charge >= 0.3 is 0 Å². The van der Waals surface area contributed by atoms with Gasteiger partial charge in [0.05, 0.1) is 14.2 Å². The first-order valence-corrected chi connectivity index (χ1v) is 14.6. The molecule has 0 spiro atoms. The maximum Gasteiger partial charge on any atom is 0.248 e. The molecule has 4 aromatic rings. The molecule has 1 unspecified atom stereocenters. The highest BCUT2D eigenvalue weighted by Crippen LogP contribution is 2.32. The zero-order chi connectivity index (χ0) is 28.8. The molecule has 0 radical (unpaired) electrons. The first-order chi connectivity index (χ1) is 20.0. The zero-order valence-corrected chi connectivity index (χ0v) is 24.4. The molecule has 1 aliphatic carbocycles. The molecule has 2 amide bonds. The van der Waals surface area contributed by atoms with Crippen LogP contribution in [-0.4, -0.2) is 57.2 Å². The molecule has 1 atom stereocenters. The number of ether oxygens (including phenoxy) is 2. The van der Waals surface area contributed by atoms with E-state index in [-0.39, 0.29) is 30.9 Å². The van der Waals surface area contributed by atoms with Gasteiger partial charge in [-0.1, -0.05) is 48.7 Å². The van der Waals surface area contributed by atoms with E-state index >= 15 is 0 Å². The van der Waals surface area contributed by atoms with Crippen molar-refractivity contribution in [3.8, 4) is 22.9 Å². The summed E-state index contributed by atoms with van der Waals surface area (Å²) in [6, 6.07) is 15.6. The maximum atomic E-state index is 14.0. The van der Waals surface area contributed by atoms with Gasteiger partial charge in [-0.15, -0.1) is 21.5 Å². The fourth-order valence-electron chi connectivity index (χ4n) is 4.97. The Morgan fingerprint density at radius 1 is 1.10 bits per heavy atom. The second-order valence-corrected chi connectivity index (χ2v) is 11.1. The summed E-state index contributed by atoms with van der Waals surface area (Å²) in [5, 5.41) is 18.3. The summed E-state index contributed by atoms with van der Waals surface area (Å²) in [6.45, 7) is -0.0836. The predicted molar refractivity (Wildman–Crippen MR) is 156 cm³/mol. The molecule has 1 N–H and O–H groups in total. The van der Waals surface area contributed by atoms with Gasteiger partial charge in [0.1, 0.15) is 12.6 Å². The topological polar surface area (TPSA) is 111 Å². The SMILES string of the molecule is COc1ccc(-c2nnn(CC(=O)N(Cc3ccccc3Cl)C(C(=O)NC3CCCC3)c3cccs3)n2)cc1OC. The van der Waals surface area contributed by atoms with Crippen LogP contribution in [0.3, 0.4) is 0 Å². The Balaban J connectivity index is 1.44. The summed E-state index contributed by atoms with van der Waals surface area (Å²) in [6.07, 6.45) is 4.03. The van der Waals surface area contributed by atoms with Gasteiger partial charge in [0, 0.05) is 28.0 Å². The van der Waals surface area contributed by atoms with Crippen molar-refractivity contribution < 1.29 is 19.1 Å². The zero-order valence-electron chi connectivity index (χ0n) is 22.8. The molecule has 2 heterocycles. The maximum absolute atomic E-state index is 14.0. The van der Waals surface area contributed by atoms with Crippen LogP contribution in [0.5, 0.6) is 11.5 Å². The number of methoxy groups -OCH3 is 2. The standard InChI is InChI=1S/C29H31ClN6O4S/c1-39-23-14-13-19(16-24(23)40-2)28-32-34-36(33-28)18-26(37)35(17-20-8-3-6-11-22(20)30)27(25-12-7-15-41-25)29(38)31-21-9-4-5-10-21/h3,6-8,11-16,21,27H,4-5,9-10,17-18H2,1-2H3,(H,31,38). The van der Waals surface area contributed by atoms with Crippen LogP contribution in [0.4, 0.5) is 0 Å². The van der Waals surface area contributed by atoms with Gasteiger partial charge in [0.15, 0.2) is 11.5 Å². The van der Waals surface area contributed by atoms with E-state index in [9.17, 15) is 9.59 Å². The number of hydrogen-bond donors (Lipinski definition) is 1. The minimum Gasteiger partial charge on any atom is -0.493 e. The molecular weight excluding hydrogens is 564 g/mol. The minimum atomic E-state index is -0.840. The molecule has 2 aromatic heterocycles. The Kier molecular flexibility index (Phi) is 9.15. The third kappa shape index (κ3) is 6.68. The molecule has 0 aliphatic heterocycles. The summed E-state index contributed by atoms with van der Waals surface area (Å²) >= 11 is 7.93. The molecule has 5 rings (SSSR count). The molecule has 41 heavy (non-hydrogen) atoms. The van der Waals surface area contributed by atoms with E-state index in [1.54, 1.807) is 43.4 Å². The largest absolute Gasteiger partial charge is 0.493 e. The van der Waals surface area contributed by atoms with Crippen molar-refractivity contribution in [2.75, 3.05) is 14.2 Å². The molecule has 214 valence electrons. The molecule has 1 aliphatic rings. The summed E-state index contributed by atoms with van der Waals surface area (Å²) in [4.78, 5) is 31.3. The fourth-order valence-corrected chi connectivity index (χ4v) is 6.00. The van der Waals surface area contributed by atoms with Crippen molar-refractivity contribution in [3.63, 3.8) is 0 Å². The molecule has 10 nitrogen and oxygen atoms in total. The fraction of sp³-hybridized carbons (Fsp3) is 0.345. The highest BCUT2D eigenvalue weighted by Gasteiger charge is 2.34. The van der Waals surface area contributed by atoms with Crippen molar-refractivity contribution in [2.24, 2.45) is 0 Å². The van der Waals surface area contributed by atoms with E-state index in [0.717, 1.165) is 36.1 Å². The first-order valence-electron chi connectivity index (χ1n) is 13.3. The van der Waals surface area contributed by atoms with E-state index in [0.29, 0.717) is 27.9 Å². The Morgan fingerprint density at radius 2 is 1.88 bits per heavy atom. The van der Waals surface area contributed by atoms with Crippen LogP contribution in [-0.2, 0) is 22.7 Å².